The Morgan fingerprint density at radius 2 is 1.52 bits per heavy atom. The number of hydrogen-bond donors (Lipinski definition) is 1. The van der Waals surface area contributed by atoms with Crippen molar-refractivity contribution in [2.45, 2.75) is 6.54 Å². The average molecular weight is 352 g/mol. The van der Waals surface area contributed by atoms with Gasteiger partial charge in [-0.1, -0.05) is 84.1 Å². The Balaban J connectivity index is 1.71. The van der Waals surface area contributed by atoms with E-state index in [9.17, 15) is 0 Å². The van der Waals surface area contributed by atoms with E-state index in [1.807, 2.05) is 77.6 Å². The standard InChI is InChI=1S/C23H20N4/c24-23-14-8-7-13-21(23)22(19-11-5-2-6-12-19)15-20-17-27(26-25-20)16-18-9-3-1-4-10-18/h1-15,17H,16,24H2/b22-15-. The molecule has 4 aromatic rings. The Hall–Kier alpha value is -3.66. The zero-order chi connectivity index (χ0) is 18.5. The first-order chi connectivity index (χ1) is 13.3. The molecule has 0 unspecified atom stereocenters. The second-order valence-corrected chi connectivity index (χ2v) is 6.34. The average Bonchev–Trinajstić information content (AvgIpc) is 3.15. The van der Waals surface area contributed by atoms with Crippen LogP contribution in [0.1, 0.15) is 22.4 Å². The van der Waals surface area contributed by atoms with Crippen LogP contribution in [0.2, 0.25) is 0 Å². The fourth-order valence-corrected chi connectivity index (χ4v) is 3.05. The van der Waals surface area contributed by atoms with E-state index in [2.05, 4.69) is 34.6 Å². The lowest BCUT2D eigenvalue weighted by atomic mass is 9.96. The molecule has 0 aliphatic carbocycles. The molecule has 2 N–H and O–H groups in total. The molecule has 0 aliphatic rings. The number of aromatic nitrogens is 3. The van der Waals surface area contributed by atoms with Gasteiger partial charge in [0.1, 0.15) is 5.69 Å². The van der Waals surface area contributed by atoms with Gasteiger partial charge in [-0.05, 0) is 28.8 Å². The van der Waals surface area contributed by atoms with E-state index >= 15 is 0 Å². The molecule has 1 aromatic heterocycles. The summed E-state index contributed by atoms with van der Waals surface area (Å²) in [5.41, 5.74) is 12.1. The highest BCUT2D eigenvalue weighted by Gasteiger charge is 2.10. The highest BCUT2D eigenvalue weighted by molar-refractivity contribution is 5.94. The van der Waals surface area contributed by atoms with Crippen LogP contribution in [0.5, 0.6) is 0 Å². The summed E-state index contributed by atoms with van der Waals surface area (Å²) in [6.45, 7) is 0.690. The molecule has 0 saturated heterocycles. The van der Waals surface area contributed by atoms with Gasteiger partial charge in [-0.3, -0.25) is 0 Å². The van der Waals surface area contributed by atoms with Gasteiger partial charge >= 0.3 is 0 Å². The summed E-state index contributed by atoms with van der Waals surface area (Å²) in [5, 5.41) is 8.59. The molecule has 0 aliphatic heterocycles. The fourth-order valence-electron chi connectivity index (χ4n) is 3.05. The van der Waals surface area contributed by atoms with Crippen molar-refractivity contribution in [3.8, 4) is 0 Å². The smallest absolute Gasteiger partial charge is 0.106 e. The molecule has 0 spiro atoms. The van der Waals surface area contributed by atoms with Gasteiger partial charge in [-0.15, -0.1) is 5.10 Å². The summed E-state index contributed by atoms with van der Waals surface area (Å²) in [4.78, 5) is 0. The van der Waals surface area contributed by atoms with Crippen LogP contribution in [0.3, 0.4) is 0 Å². The van der Waals surface area contributed by atoms with Gasteiger partial charge in [0.25, 0.3) is 0 Å². The van der Waals surface area contributed by atoms with Crippen molar-refractivity contribution in [2.75, 3.05) is 5.73 Å². The Labute approximate surface area is 158 Å². The first-order valence-corrected chi connectivity index (χ1v) is 8.86. The fraction of sp³-hybridized carbons (Fsp3) is 0.0435. The summed E-state index contributed by atoms with van der Waals surface area (Å²) >= 11 is 0. The van der Waals surface area contributed by atoms with Gasteiger partial charge < -0.3 is 5.73 Å². The molecule has 3 aromatic carbocycles. The monoisotopic (exact) mass is 352 g/mol. The van der Waals surface area contributed by atoms with E-state index in [1.54, 1.807) is 0 Å². The van der Waals surface area contributed by atoms with Gasteiger partial charge in [0.05, 0.1) is 12.7 Å². The minimum atomic E-state index is 0.690. The molecule has 1 heterocycles. The van der Waals surface area contributed by atoms with Crippen LogP contribution in [0.15, 0.2) is 91.1 Å². The molecule has 0 amide bonds. The summed E-state index contributed by atoms with van der Waals surface area (Å²) in [5.74, 6) is 0. The predicted molar refractivity (Wildman–Crippen MR) is 110 cm³/mol. The quantitative estimate of drug-likeness (QED) is 0.538. The molecule has 0 fully saturated rings. The van der Waals surface area contributed by atoms with Crippen LogP contribution < -0.4 is 5.73 Å². The zero-order valence-corrected chi connectivity index (χ0v) is 14.9. The highest BCUT2D eigenvalue weighted by atomic mass is 15.4. The van der Waals surface area contributed by atoms with Gasteiger partial charge in [0, 0.05) is 11.3 Å². The molecule has 132 valence electrons. The van der Waals surface area contributed by atoms with Crippen molar-refractivity contribution in [3.63, 3.8) is 0 Å². The first-order valence-electron chi connectivity index (χ1n) is 8.86. The van der Waals surface area contributed by atoms with Crippen molar-refractivity contribution in [1.82, 2.24) is 15.0 Å². The maximum Gasteiger partial charge on any atom is 0.106 e. The Morgan fingerprint density at radius 1 is 0.852 bits per heavy atom. The molecule has 0 atom stereocenters. The topological polar surface area (TPSA) is 56.7 Å². The summed E-state index contributed by atoms with van der Waals surface area (Å²) in [6, 6.07) is 28.3. The van der Waals surface area contributed by atoms with E-state index in [1.165, 1.54) is 5.56 Å². The molecule has 4 rings (SSSR count). The maximum absolute atomic E-state index is 6.24. The number of nitrogens with two attached hydrogens (primary N) is 1. The highest BCUT2D eigenvalue weighted by Crippen LogP contribution is 2.29. The number of nitrogen functional groups attached to an aromatic ring is 1. The van der Waals surface area contributed by atoms with E-state index in [0.717, 1.165) is 28.1 Å². The molecule has 4 nitrogen and oxygen atoms in total. The number of benzene rings is 3. The van der Waals surface area contributed by atoms with Crippen molar-refractivity contribution >= 4 is 17.3 Å². The molecule has 0 bridgehead atoms. The third-order valence-electron chi connectivity index (χ3n) is 4.37. The number of anilines is 1. The third-order valence-corrected chi connectivity index (χ3v) is 4.37. The Morgan fingerprint density at radius 3 is 2.26 bits per heavy atom. The van der Waals surface area contributed by atoms with Crippen molar-refractivity contribution in [3.05, 3.63) is 114 Å². The molecular formula is C23H20N4. The molecule has 0 radical (unpaired) electrons. The summed E-state index contributed by atoms with van der Waals surface area (Å²) in [6.07, 6.45) is 3.99. The van der Waals surface area contributed by atoms with Crippen molar-refractivity contribution in [2.24, 2.45) is 0 Å². The molecule has 27 heavy (non-hydrogen) atoms. The van der Waals surface area contributed by atoms with Crippen LogP contribution in [0.25, 0.3) is 11.6 Å². The maximum atomic E-state index is 6.24. The second kappa shape index (κ2) is 7.70. The SMILES string of the molecule is Nc1ccccc1/C(=C\c1cn(Cc2ccccc2)nn1)c1ccccc1. The van der Waals surface area contributed by atoms with Gasteiger partial charge in [0.15, 0.2) is 0 Å². The predicted octanol–water partition coefficient (Wildman–Crippen LogP) is 4.50. The molecule has 4 heteroatoms. The Bertz CT molecular complexity index is 1050. The van der Waals surface area contributed by atoms with Crippen molar-refractivity contribution < 1.29 is 0 Å². The molecule has 0 saturated carbocycles. The van der Waals surface area contributed by atoms with Crippen molar-refractivity contribution in [1.29, 1.82) is 0 Å². The Kier molecular flexibility index (Phi) is 4.79. The van der Waals surface area contributed by atoms with Gasteiger partial charge in [-0.25, -0.2) is 4.68 Å². The number of hydrogen-bond acceptors (Lipinski definition) is 3. The number of rotatable bonds is 5. The normalized spacial score (nSPS) is 11.5. The lowest BCUT2D eigenvalue weighted by Crippen LogP contribution is -1.99. The minimum Gasteiger partial charge on any atom is -0.398 e. The summed E-state index contributed by atoms with van der Waals surface area (Å²) < 4.78 is 1.85. The van der Waals surface area contributed by atoms with E-state index in [-0.39, 0.29) is 0 Å². The van der Waals surface area contributed by atoms with Gasteiger partial charge in [-0.2, -0.15) is 0 Å². The van der Waals surface area contributed by atoms with Gasteiger partial charge in [0.2, 0.25) is 0 Å². The lowest BCUT2D eigenvalue weighted by Gasteiger charge is -2.10. The number of para-hydroxylation sites is 1. The second-order valence-electron chi connectivity index (χ2n) is 6.34. The number of nitrogens with zero attached hydrogens (tertiary/aromatic N) is 3. The summed E-state index contributed by atoms with van der Waals surface area (Å²) in [7, 11) is 0. The van der Waals surface area contributed by atoms with Crippen LogP contribution in [-0.2, 0) is 6.54 Å². The zero-order valence-electron chi connectivity index (χ0n) is 14.9. The van der Waals surface area contributed by atoms with E-state index in [4.69, 9.17) is 5.73 Å². The largest absolute Gasteiger partial charge is 0.398 e. The minimum absolute atomic E-state index is 0.690. The van der Waals surface area contributed by atoms with Crippen LogP contribution >= 0.6 is 0 Å². The van der Waals surface area contributed by atoms with Crippen LogP contribution in [-0.4, -0.2) is 15.0 Å². The van der Waals surface area contributed by atoms with Crippen LogP contribution in [0.4, 0.5) is 5.69 Å². The lowest BCUT2D eigenvalue weighted by molar-refractivity contribution is 0.649. The first kappa shape index (κ1) is 16.8. The van der Waals surface area contributed by atoms with E-state index in [0.29, 0.717) is 6.54 Å². The molecular weight excluding hydrogens is 332 g/mol. The van der Waals surface area contributed by atoms with Crippen LogP contribution in [0, 0.1) is 0 Å². The third kappa shape index (κ3) is 3.96. The van der Waals surface area contributed by atoms with E-state index < -0.39 is 0 Å².